The second kappa shape index (κ2) is 9.03. The summed E-state index contributed by atoms with van der Waals surface area (Å²) in [6.07, 6.45) is 2.81. The van der Waals surface area contributed by atoms with Crippen molar-refractivity contribution < 1.29 is 9.90 Å². The number of aromatic nitrogens is 1. The highest BCUT2D eigenvalue weighted by atomic mass is 16.3. The summed E-state index contributed by atoms with van der Waals surface area (Å²) in [7, 11) is 0. The van der Waals surface area contributed by atoms with Crippen molar-refractivity contribution >= 4 is 11.6 Å². The predicted molar refractivity (Wildman–Crippen MR) is 95.7 cm³/mol. The molecule has 2 atom stereocenters. The first-order chi connectivity index (χ1) is 11.6. The molecular formula is C19H25N3O2. The van der Waals surface area contributed by atoms with E-state index in [9.17, 15) is 4.79 Å². The third-order valence-corrected chi connectivity index (χ3v) is 3.91. The lowest BCUT2D eigenvalue weighted by atomic mass is 10.1. The van der Waals surface area contributed by atoms with Crippen LogP contribution in [-0.4, -0.2) is 28.6 Å². The first-order valence-corrected chi connectivity index (χ1v) is 8.29. The summed E-state index contributed by atoms with van der Waals surface area (Å²) < 4.78 is 0. The number of amides is 1. The number of hydrogen-bond acceptors (Lipinski definition) is 4. The number of aliphatic hydroxyl groups is 1. The van der Waals surface area contributed by atoms with Crippen LogP contribution in [-0.2, 0) is 11.2 Å². The molecule has 2 rings (SSSR count). The summed E-state index contributed by atoms with van der Waals surface area (Å²) >= 11 is 0. The fraction of sp³-hybridized carbons (Fsp3) is 0.368. The third-order valence-electron chi connectivity index (χ3n) is 3.91. The summed E-state index contributed by atoms with van der Waals surface area (Å²) in [6, 6.07) is 13.6. The molecule has 24 heavy (non-hydrogen) atoms. The number of anilines is 1. The van der Waals surface area contributed by atoms with Crippen LogP contribution in [0.3, 0.4) is 0 Å². The fourth-order valence-corrected chi connectivity index (χ4v) is 2.42. The Bertz CT molecular complexity index is 625. The average molecular weight is 327 g/mol. The number of carbonyl (C=O) groups excluding carboxylic acids is 1. The highest BCUT2D eigenvalue weighted by Crippen LogP contribution is 2.18. The zero-order valence-electron chi connectivity index (χ0n) is 14.2. The molecular weight excluding hydrogens is 302 g/mol. The molecule has 0 saturated heterocycles. The lowest BCUT2D eigenvalue weighted by Gasteiger charge is -2.16. The van der Waals surface area contributed by atoms with Crippen molar-refractivity contribution in [2.75, 3.05) is 11.9 Å². The van der Waals surface area contributed by atoms with Crippen LogP contribution >= 0.6 is 0 Å². The summed E-state index contributed by atoms with van der Waals surface area (Å²) in [5.74, 6) is -0.0709. The smallest absolute Gasteiger partial charge is 0.224 e. The van der Waals surface area contributed by atoms with Gasteiger partial charge in [0.25, 0.3) is 0 Å². The summed E-state index contributed by atoms with van der Waals surface area (Å²) in [6.45, 7) is 3.96. The average Bonchev–Trinajstić information content (AvgIpc) is 2.62. The molecule has 0 fully saturated rings. The molecule has 0 bridgehead atoms. The number of benzene rings is 1. The minimum absolute atomic E-state index is 0.0312. The van der Waals surface area contributed by atoms with Gasteiger partial charge < -0.3 is 15.7 Å². The normalized spacial score (nSPS) is 13.1. The highest BCUT2D eigenvalue weighted by molar-refractivity contribution is 5.79. The van der Waals surface area contributed by atoms with Crippen molar-refractivity contribution in [3.8, 4) is 0 Å². The molecule has 0 radical (unpaired) electrons. The largest absolute Gasteiger partial charge is 0.394 e. The monoisotopic (exact) mass is 327 g/mol. The van der Waals surface area contributed by atoms with Gasteiger partial charge in [-0.2, -0.15) is 0 Å². The maximum absolute atomic E-state index is 11.9. The molecule has 5 heteroatoms. The predicted octanol–water partition coefficient (Wildman–Crippen LogP) is 2.68. The molecule has 0 aliphatic carbocycles. The van der Waals surface area contributed by atoms with Crippen LogP contribution in [0, 0.1) is 0 Å². The van der Waals surface area contributed by atoms with E-state index in [1.165, 1.54) is 0 Å². The van der Waals surface area contributed by atoms with Gasteiger partial charge in [-0.3, -0.25) is 9.78 Å². The van der Waals surface area contributed by atoms with Gasteiger partial charge in [0.1, 0.15) is 0 Å². The fourth-order valence-electron chi connectivity index (χ4n) is 2.42. The van der Waals surface area contributed by atoms with Gasteiger partial charge in [0.05, 0.1) is 30.8 Å². The zero-order valence-corrected chi connectivity index (χ0v) is 14.2. The van der Waals surface area contributed by atoms with Crippen molar-refractivity contribution in [1.29, 1.82) is 0 Å². The van der Waals surface area contributed by atoms with Gasteiger partial charge in [-0.05, 0) is 43.2 Å². The molecule has 1 amide bonds. The minimum atomic E-state index is -0.169. The van der Waals surface area contributed by atoms with E-state index in [-0.39, 0.29) is 24.6 Å². The van der Waals surface area contributed by atoms with Gasteiger partial charge in [-0.15, -0.1) is 0 Å². The molecule has 0 aliphatic heterocycles. The standard InChI is InChI=1S/C19H25N3O2/c1-3-16(13-23)22-19(24)12-15-7-9-17(10-8-15)21-14(2)18-6-4-5-11-20-18/h4-11,14,16,21,23H,3,12-13H2,1-2H3,(H,22,24). The summed E-state index contributed by atoms with van der Waals surface area (Å²) in [5.41, 5.74) is 2.91. The van der Waals surface area contributed by atoms with Crippen LogP contribution in [0.2, 0.25) is 0 Å². The molecule has 1 aromatic carbocycles. The van der Waals surface area contributed by atoms with E-state index in [1.807, 2.05) is 49.4 Å². The first-order valence-electron chi connectivity index (χ1n) is 8.29. The van der Waals surface area contributed by atoms with Crippen LogP contribution < -0.4 is 10.6 Å². The van der Waals surface area contributed by atoms with Gasteiger partial charge in [-0.1, -0.05) is 25.1 Å². The van der Waals surface area contributed by atoms with E-state index in [2.05, 4.69) is 22.5 Å². The van der Waals surface area contributed by atoms with E-state index in [4.69, 9.17) is 5.11 Å². The molecule has 128 valence electrons. The number of aliphatic hydroxyl groups excluding tert-OH is 1. The van der Waals surface area contributed by atoms with Crippen LogP contribution in [0.4, 0.5) is 5.69 Å². The SMILES string of the molecule is CCC(CO)NC(=O)Cc1ccc(NC(C)c2ccccn2)cc1. The van der Waals surface area contributed by atoms with Gasteiger partial charge >= 0.3 is 0 Å². The Hall–Kier alpha value is -2.40. The van der Waals surface area contributed by atoms with Gasteiger partial charge in [-0.25, -0.2) is 0 Å². The third kappa shape index (κ3) is 5.35. The Morgan fingerprint density at radius 2 is 1.96 bits per heavy atom. The van der Waals surface area contributed by atoms with Gasteiger partial charge in [0, 0.05) is 11.9 Å². The molecule has 0 aliphatic rings. The van der Waals surface area contributed by atoms with E-state index in [0.717, 1.165) is 23.4 Å². The number of nitrogens with one attached hydrogen (secondary N) is 2. The molecule has 5 nitrogen and oxygen atoms in total. The van der Waals surface area contributed by atoms with Crippen molar-refractivity contribution in [3.63, 3.8) is 0 Å². The zero-order chi connectivity index (χ0) is 17.4. The van der Waals surface area contributed by atoms with Gasteiger partial charge in [0.15, 0.2) is 0 Å². The Morgan fingerprint density at radius 1 is 1.21 bits per heavy atom. The maximum Gasteiger partial charge on any atom is 0.224 e. The minimum Gasteiger partial charge on any atom is -0.394 e. The van der Waals surface area contributed by atoms with E-state index >= 15 is 0 Å². The Kier molecular flexibility index (Phi) is 6.75. The Morgan fingerprint density at radius 3 is 2.54 bits per heavy atom. The molecule has 1 heterocycles. The quantitative estimate of drug-likeness (QED) is 0.697. The van der Waals surface area contributed by atoms with E-state index in [1.54, 1.807) is 6.20 Å². The molecule has 0 saturated carbocycles. The van der Waals surface area contributed by atoms with E-state index in [0.29, 0.717) is 6.42 Å². The number of carbonyl (C=O) groups is 1. The van der Waals surface area contributed by atoms with E-state index < -0.39 is 0 Å². The number of rotatable bonds is 8. The number of hydrogen-bond donors (Lipinski definition) is 3. The second-order valence-corrected chi connectivity index (χ2v) is 5.85. The second-order valence-electron chi connectivity index (χ2n) is 5.85. The van der Waals surface area contributed by atoms with Crippen molar-refractivity contribution in [3.05, 3.63) is 59.9 Å². The lowest BCUT2D eigenvalue weighted by Crippen LogP contribution is -2.37. The molecule has 1 aromatic heterocycles. The highest BCUT2D eigenvalue weighted by Gasteiger charge is 2.10. The molecule has 3 N–H and O–H groups in total. The van der Waals surface area contributed by atoms with Crippen molar-refractivity contribution in [2.24, 2.45) is 0 Å². The number of nitrogens with zero attached hydrogens (tertiary/aromatic N) is 1. The van der Waals surface area contributed by atoms with Crippen LogP contribution in [0.25, 0.3) is 0 Å². The van der Waals surface area contributed by atoms with Crippen LogP contribution in [0.15, 0.2) is 48.7 Å². The maximum atomic E-state index is 11.9. The molecule has 0 spiro atoms. The summed E-state index contributed by atoms with van der Waals surface area (Å²) in [5, 5.41) is 15.3. The Balaban J connectivity index is 1.90. The lowest BCUT2D eigenvalue weighted by molar-refractivity contribution is -0.121. The van der Waals surface area contributed by atoms with Gasteiger partial charge in [0.2, 0.25) is 5.91 Å². The molecule has 2 unspecified atom stereocenters. The summed E-state index contributed by atoms with van der Waals surface area (Å²) in [4.78, 5) is 16.3. The Labute approximate surface area is 143 Å². The topological polar surface area (TPSA) is 74.2 Å². The molecule has 2 aromatic rings. The van der Waals surface area contributed by atoms with Crippen LogP contribution in [0.5, 0.6) is 0 Å². The number of pyridine rings is 1. The first kappa shape index (κ1) is 17.9. The van der Waals surface area contributed by atoms with Crippen molar-refractivity contribution in [1.82, 2.24) is 10.3 Å². The van der Waals surface area contributed by atoms with Crippen LogP contribution in [0.1, 0.15) is 37.6 Å². The van der Waals surface area contributed by atoms with Crippen molar-refractivity contribution in [2.45, 2.75) is 38.8 Å².